The quantitative estimate of drug-likeness (QED) is 0.566. The number of furan rings is 1. The van der Waals surface area contributed by atoms with Crippen LogP contribution in [0.3, 0.4) is 0 Å². The van der Waals surface area contributed by atoms with E-state index in [0.717, 1.165) is 6.42 Å². The van der Waals surface area contributed by atoms with E-state index in [-0.39, 0.29) is 0 Å². The predicted octanol–water partition coefficient (Wildman–Crippen LogP) is 3.74. The molecule has 1 aromatic heterocycles. The molecule has 0 bridgehead atoms. The van der Waals surface area contributed by atoms with Crippen LogP contribution in [0.25, 0.3) is 12.2 Å². The summed E-state index contributed by atoms with van der Waals surface area (Å²) in [6, 6.07) is 0. The molecule has 0 amide bonds. The highest BCUT2D eigenvalue weighted by Gasteiger charge is 1.98. The van der Waals surface area contributed by atoms with Gasteiger partial charge in [0.05, 0.1) is 12.5 Å². The van der Waals surface area contributed by atoms with Crippen molar-refractivity contribution in [2.75, 3.05) is 0 Å². The largest absolute Gasteiger partial charge is 0.471 e. The van der Waals surface area contributed by atoms with Gasteiger partial charge in [0, 0.05) is 11.1 Å². The van der Waals surface area contributed by atoms with Gasteiger partial charge in [-0.05, 0) is 6.42 Å². The van der Waals surface area contributed by atoms with Gasteiger partial charge in [0.1, 0.15) is 0 Å². The van der Waals surface area contributed by atoms with E-state index in [9.17, 15) is 0 Å². The molecule has 2 rings (SSSR count). The number of hydrogen-bond donors (Lipinski definition) is 0. The van der Waals surface area contributed by atoms with Crippen LogP contribution in [-0.4, -0.2) is 0 Å². The summed E-state index contributed by atoms with van der Waals surface area (Å²) in [4.78, 5) is 0. The maximum atomic E-state index is 5.02. The molecule has 64 valence electrons. The van der Waals surface area contributed by atoms with Gasteiger partial charge in [-0.25, -0.2) is 0 Å². The highest BCUT2D eigenvalue weighted by molar-refractivity contribution is 5.65. The molecule has 0 N–H and O–H groups in total. The van der Waals surface area contributed by atoms with Crippen molar-refractivity contribution in [2.24, 2.45) is 0 Å². The zero-order valence-electron chi connectivity index (χ0n) is 7.58. The molecule has 1 aliphatic rings. The minimum absolute atomic E-state index is 1.02. The van der Waals surface area contributed by atoms with Crippen LogP contribution in [0.1, 0.15) is 31.4 Å². The van der Waals surface area contributed by atoms with Gasteiger partial charge in [-0.1, -0.05) is 38.2 Å². The first-order chi connectivity index (χ1) is 5.97. The van der Waals surface area contributed by atoms with Gasteiger partial charge >= 0.3 is 0 Å². The van der Waals surface area contributed by atoms with E-state index >= 15 is 0 Å². The molecule has 0 spiro atoms. The Morgan fingerprint density at radius 1 is 1.00 bits per heavy atom. The summed E-state index contributed by atoms with van der Waals surface area (Å²) in [7, 11) is 0. The highest BCUT2D eigenvalue weighted by atomic mass is 16.3. The third kappa shape index (κ3) is 1.88. The van der Waals surface area contributed by atoms with Gasteiger partial charge in [0.25, 0.3) is 0 Å². The Bertz CT molecular complexity index is 252. The van der Waals surface area contributed by atoms with Gasteiger partial charge in [-0.2, -0.15) is 0 Å². The molecular formula is C11H14O. The summed E-state index contributed by atoms with van der Waals surface area (Å²) in [5, 5.41) is 0. The SMILES string of the molecule is C1=Cc2cocc2C=CC1.CC. The van der Waals surface area contributed by atoms with Gasteiger partial charge in [-0.3, -0.25) is 0 Å². The van der Waals surface area contributed by atoms with Crippen LogP contribution in [0.5, 0.6) is 0 Å². The molecule has 0 saturated heterocycles. The lowest BCUT2D eigenvalue weighted by Crippen LogP contribution is -1.66. The van der Waals surface area contributed by atoms with Crippen molar-refractivity contribution < 1.29 is 4.42 Å². The Balaban J connectivity index is 0.000000336. The number of allylic oxidation sites excluding steroid dienone is 2. The summed E-state index contributed by atoms with van der Waals surface area (Å²) >= 11 is 0. The van der Waals surface area contributed by atoms with E-state index in [1.54, 1.807) is 12.5 Å². The van der Waals surface area contributed by atoms with E-state index in [2.05, 4.69) is 24.3 Å². The molecule has 0 fully saturated rings. The van der Waals surface area contributed by atoms with E-state index < -0.39 is 0 Å². The summed E-state index contributed by atoms with van der Waals surface area (Å²) in [5.74, 6) is 0. The molecule has 12 heavy (non-hydrogen) atoms. The molecule has 1 aliphatic carbocycles. The van der Waals surface area contributed by atoms with Gasteiger partial charge in [-0.15, -0.1) is 0 Å². The van der Waals surface area contributed by atoms with Crippen molar-refractivity contribution in [1.29, 1.82) is 0 Å². The molecule has 0 unspecified atom stereocenters. The fraction of sp³-hybridized carbons (Fsp3) is 0.273. The topological polar surface area (TPSA) is 13.1 Å². The van der Waals surface area contributed by atoms with Crippen LogP contribution in [-0.2, 0) is 0 Å². The second kappa shape index (κ2) is 4.60. The molecule has 1 aromatic rings. The number of hydrogen-bond acceptors (Lipinski definition) is 1. The van der Waals surface area contributed by atoms with Crippen molar-refractivity contribution in [1.82, 2.24) is 0 Å². The minimum atomic E-state index is 1.02. The maximum Gasteiger partial charge on any atom is 0.0981 e. The average molecular weight is 162 g/mol. The Morgan fingerprint density at radius 2 is 1.50 bits per heavy atom. The average Bonchev–Trinajstić information content (AvgIpc) is 2.46. The zero-order valence-corrected chi connectivity index (χ0v) is 7.58. The molecule has 0 aliphatic heterocycles. The summed E-state index contributed by atoms with van der Waals surface area (Å²) in [5.41, 5.74) is 2.35. The fourth-order valence-electron chi connectivity index (χ4n) is 1.06. The number of rotatable bonds is 0. The summed E-state index contributed by atoms with van der Waals surface area (Å²) in [6.45, 7) is 4.00. The lowest BCUT2D eigenvalue weighted by molar-refractivity contribution is 0.566. The van der Waals surface area contributed by atoms with Crippen molar-refractivity contribution in [3.8, 4) is 0 Å². The van der Waals surface area contributed by atoms with Crippen molar-refractivity contribution in [3.05, 3.63) is 35.8 Å². The third-order valence-corrected chi connectivity index (χ3v) is 1.59. The van der Waals surface area contributed by atoms with Crippen LogP contribution >= 0.6 is 0 Å². The summed E-state index contributed by atoms with van der Waals surface area (Å²) < 4.78 is 5.02. The fourth-order valence-corrected chi connectivity index (χ4v) is 1.06. The van der Waals surface area contributed by atoms with Gasteiger partial charge < -0.3 is 4.42 Å². The normalized spacial score (nSPS) is 12.8. The highest BCUT2D eigenvalue weighted by Crippen LogP contribution is 2.17. The van der Waals surface area contributed by atoms with E-state index in [1.807, 2.05) is 13.8 Å². The molecule has 1 nitrogen and oxygen atoms in total. The monoisotopic (exact) mass is 162 g/mol. The molecule has 0 aromatic carbocycles. The standard InChI is InChI=1S/C9H8O.C2H6/c1-2-4-8-6-10-7-9(8)5-3-1;1-2/h2-7H,1H2;1-2H3. The van der Waals surface area contributed by atoms with Crippen LogP contribution in [0.2, 0.25) is 0 Å². The molecule has 0 atom stereocenters. The third-order valence-electron chi connectivity index (χ3n) is 1.59. The lowest BCUT2D eigenvalue weighted by Gasteiger charge is -1.82. The first kappa shape index (κ1) is 8.85. The Kier molecular flexibility index (Phi) is 3.39. The van der Waals surface area contributed by atoms with Crippen molar-refractivity contribution in [2.45, 2.75) is 20.3 Å². The van der Waals surface area contributed by atoms with Crippen molar-refractivity contribution in [3.63, 3.8) is 0 Å². The lowest BCUT2D eigenvalue weighted by atomic mass is 10.2. The Hall–Kier alpha value is -1.24. The first-order valence-electron chi connectivity index (χ1n) is 4.36. The minimum Gasteiger partial charge on any atom is -0.471 e. The van der Waals surface area contributed by atoms with Crippen LogP contribution in [0.15, 0.2) is 29.1 Å². The van der Waals surface area contributed by atoms with Crippen LogP contribution in [0, 0.1) is 0 Å². The Morgan fingerprint density at radius 3 is 2.00 bits per heavy atom. The van der Waals surface area contributed by atoms with E-state index in [4.69, 9.17) is 4.42 Å². The molecule has 0 radical (unpaired) electrons. The second-order valence-corrected chi connectivity index (χ2v) is 2.32. The van der Waals surface area contributed by atoms with Crippen molar-refractivity contribution >= 4 is 12.2 Å². The van der Waals surface area contributed by atoms with E-state index in [0.29, 0.717) is 0 Å². The maximum absolute atomic E-state index is 5.02. The zero-order chi connectivity index (χ0) is 8.81. The Labute approximate surface area is 73.4 Å². The molecular weight excluding hydrogens is 148 g/mol. The van der Waals surface area contributed by atoms with Gasteiger partial charge in [0.15, 0.2) is 0 Å². The molecule has 0 saturated carbocycles. The number of fused-ring (bicyclic) bond motifs is 1. The summed E-state index contributed by atoms with van der Waals surface area (Å²) in [6.07, 6.45) is 13.0. The molecule has 1 heterocycles. The van der Waals surface area contributed by atoms with Crippen LogP contribution in [0.4, 0.5) is 0 Å². The van der Waals surface area contributed by atoms with Gasteiger partial charge in [0.2, 0.25) is 0 Å². The second-order valence-electron chi connectivity index (χ2n) is 2.32. The predicted molar refractivity (Wildman–Crippen MR) is 52.7 cm³/mol. The van der Waals surface area contributed by atoms with Crippen LogP contribution < -0.4 is 0 Å². The smallest absolute Gasteiger partial charge is 0.0981 e. The first-order valence-corrected chi connectivity index (χ1v) is 4.36. The molecule has 1 heteroatoms. The van der Waals surface area contributed by atoms with E-state index in [1.165, 1.54) is 11.1 Å².